The van der Waals surface area contributed by atoms with E-state index in [1.807, 2.05) is 0 Å². The van der Waals surface area contributed by atoms with E-state index in [4.69, 9.17) is 4.74 Å². The molecule has 3 atom stereocenters. The molecule has 2 nitrogen and oxygen atoms in total. The van der Waals surface area contributed by atoms with E-state index in [2.05, 4.69) is 161 Å². The molecule has 1 aromatic heterocycles. The molecule has 0 bridgehead atoms. The molecule has 8 rings (SSSR count). The van der Waals surface area contributed by atoms with E-state index in [9.17, 15) is 0 Å². The van der Waals surface area contributed by atoms with Crippen molar-refractivity contribution < 1.29 is 4.74 Å². The maximum absolute atomic E-state index is 6.11. The molecule has 0 saturated heterocycles. The van der Waals surface area contributed by atoms with E-state index in [1.165, 1.54) is 75.3 Å². The van der Waals surface area contributed by atoms with E-state index in [-0.39, 0.29) is 5.60 Å². The van der Waals surface area contributed by atoms with Crippen LogP contribution in [0.4, 0.5) is 0 Å². The van der Waals surface area contributed by atoms with Gasteiger partial charge in [-0.3, -0.25) is 0 Å². The number of fused-ring (bicyclic) bond motifs is 8. The van der Waals surface area contributed by atoms with Gasteiger partial charge in [0.15, 0.2) is 0 Å². The van der Waals surface area contributed by atoms with Gasteiger partial charge in [-0.25, -0.2) is 0 Å². The van der Waals surface area contributed by atoms with Gasteiger partial charge < -0.3 is 9.30 Å². The smallest absolute Gasteiger partial charge is 0.0762 e. The normalized spacial score (nSPS) is 17.2. The number of aryl methyl sites for hydroxylation is 2. The molecule has 3 unspecified atom stereocenters. The summed E-state index contributed by atoms with van der Waals surface area (Å²) in [7, 11) is 0.0284. The van der Waals surface area contributed by atoms with Crippen LogP contribution in [0.2, 0.25) is 12.6 Å². The molecule has 260 valence electrons. The fourth-order valence-electron chi connectivity index (χ4n) is 9.71. The van der Waals surface area contributed by atoms with Crippen molar-refractivity contribution in [1.82, 2.24) is 4.57 Å². The van der Waals surface area contributed by atoms with Crippen molar-refractivity contribution in [2.75, 3.05) is 6.61 Å². The molecule has 0 N–H and O–H groups in total. The van der Waals surface area contributed by atoms with Crippen LogP contribution in [0.1, 0.15) is 96.5 Å². The number of nitrogens with zero attached hydrogens (tertiary/aromatic N) is 1. The molecule has 51 heavy (non-hydrogen) atoms. The minimum absolute atomic E-state index is 0.0709. The predicted molar refractivity (Wildman–Crippen MR) is 219 cm³/mol. The minimum atomic E-state index is -2.27. The second-order valence-electron chi connectivity index (χ2n) is 16.6. The molecular formula is C48H53NOSi. The first-order chi connectivity index (χ1) is 24.6. The van der Waals surface area contributed by atoms with Gasteiger partial charge in [-0.1, -0.05) is 141 Å². The van der Waals surface area contributed by atoms with Gasteiger partial charge in [0.25, 0.3) is 0 Å². The van der Waals surface area contributed by atoms with Crippen molar-refractivity contribution in [1.29, 1.82) is 0 Å². The molecule has 0 saturated carbocycles. The molecule has 6 aromatic rings. The number of benzene rings is 5. The van der Waals surface area contributed by atoms with Crippen LogP contribution >= 0.6 is 0 Å². The summed E-state index contributed by atoms with van der Waals surface area (Å²) in [5, 5.41) is 1.45. The highest BCUT2D eigenvalue weighted by molar-refractivity contribution is 6.83. The summed E-state index contributed by atoms with van der Waals surface area (Å²) < 4.78 is 8.61. The lowest BCUT2D eigenvalue weighted by Gasteiger charge is -2.41. The maximum Gasteiger partial charge on any atom is 0.0762 e. The Hall–Kier alpha value is -4.18. The molecule has 0 fully saturated rings. The molecular weight excluding hydrogens is 635 g/mol. The highest BCUT2D eigenvalue weighted by Crippen LogP contribution is 2.60. The van der Waals surface area contributed by atoms with Crippen LogP contribution in [-0.2, 0) is 18.2 Å². The Bertz CT molecular complexity index is 2210. The van der Waals surface area contributed by atoms with E-state index >= 15 is 0 Å². The van der Waals surface area contributed by atoms with Crippen LogP contribution in [0.25, 0.3) is 33.3 Å². The Morgan fingerprint density at radius 3 is 2.08 bits per heavy atom. The summed E-state index contributed by atoms with van der Waals surface area (Å²) >= 11 is 0. The summed E-state index contributed by atoms with van der Waals surface area (Å²) in [6, 6.07) is 45.7. The lowest BCUT2D eigenvalue weighted by Crippen LogP contribution is -2.45. The van der Waals surface area contributed by atoms with E-state index in [0.29, 0.717) is 11.1 Å². The lowest BCUT2D eigenvalue weighted by atomic mass is 9.99. The summed E-state index contributed by atoms with van der Waals surface area (Å²) in [6.45, 7) is 12.4. The monoisotopic (exact) mass is 687 g/mol. The number of hydrogen-bond acceptors (Lipinski definition) is 1. The number of ether oxygens (including phenoxy) is 1. The fraction of sp³-hybridized carbons (Fsp3) is 0.333. The van der Waals surface area contributed by atoms with Crippen molar-refractivity contribution >= 4 is 19.0 Å². The van der Waals surface area contributed by atoms with Crippen LogP contribution in [0, 0.1) is 6.92 Å². The first kappa shape index (κ1) is 33.9. The van der Waals surface area contributed by atoms with Crippen LogP contribution in [-0.4, -0.2) is 24.8 Å². The predicted octanol–water partition coefficient (Wildman–Crippen LogP) is 12.5. The van der Waals surface area contributed by atoms with Crippen molar-refractivity contribution in [2.24, 2.45) is 7.05 Å². The number of unbranched alkanes of at least 4 members (excludes halogenated alkanes) is 3. The zero-order valence-corrected chi connectivity index (χ0v) is 32.4. The SMILES string of the molecule is Cc1ccc2c(c1)c1c(n2C)-c2ccccc2C1[Si](C)(CCCCCCOC(C)(C)C)C1c2ccccc2-c2ccc(Cc3ccccc3)cc21. The van der Waals surface area contributed by atoms with Crippen molar-refractivity contribution in [2.45, 2.75) is 89.1 Å². The minimum Gasteiger partial charge on any atom is -0.376 e. The molecule has 0 radical (unpaired) electrons. The third-order valence-electron chi connectivity index (χ3n) is 11.9. The number of hydrogen-bond donors (Lipinski definition) is 0. The van der Waals surface area contributed by atoms with E-state index in [1.54, 1.807) is 22.3 Å². The first-order valence-electron chi connectivity index (χ1n) is 19.2. The summed E-state index contributed by atoms with van der Waals surface area (Å²) in [5.41, 5.74) is 18.3. The molecule has 3 heteroatoms. The van der Waals surface area contributed by atoms with E-state index < -0.39 is 8.07 Å². The molecule has 0 amide bonds. The third-order valence-corrected chi connectivity index (χ3v) is 17.2. The molecule has 2 aliphatic carbocycles. The van der Waals surface area contributed by atoms with Gasteiger partial charge in [-0.2, -0.15) is 0 Å². The Kier molecular flexibility index (Phi) is 8.93. The standard InChI is InChI=1S/C48H53NOSi/c1-33-24-27-43-42(30-33)44-45(49(43)5)38-21-13-15-23-40(38)47(44)51(6,29-17-8-7-16-28-50-48(2,3)4)46-39-22-14-12-20-36(39)37-26-25-35(32-41(37)46)31-34-18-10-9-11-19-34/h9-15,18-27,30,32,46-47H,7-8,16-17,28-29,31H2,1-6H3. The Morgan fingerprint density at radius 2 is 1.31 bits per heavy atom. The van der Waals surface area contributed by atoms with Crippen LogP contribution in [0.3, 0.4) is 0 Å². The average Bonchev–Trinajstić information content (AvgIpc) is 3.73. The maximum atomic E-state index is 6.11. The van der Waals surface area contributed by atoms with Crippen LogP contribution < -0.4 is 0 Å². The average molecular weight is 688 g/mol. The fourth-order valence-corrected chi connectivity index (χ4v) is 15.5. The zero-order valence-electron chi connectivity index (χ0n) is 31.4. The van der Waals surface area contributed by atoms with E-state index in [0.717, 1.165) is 19.4 Å². The molecule has 2 aliphatic rings. The molecule has 0 spiro atoms. The van der Waals surface area contributed by atoms with Gasteiger partial charge in [0.1, 0.15) is 0 Å². The van der Waals surface area contributed by atoms with Gasteiger partial charge in [0, 0.05) is 41.2 Å². The highest BCUT2D eigenvalue weighted by atomic mass is 28.3. The van der Waals surface area contributed by atoms with Gasteiger partial charge >= 0.3 is 0 Å². The summed E-state index contributed by atoms with van der Waals surface area (Å²) in [4.78, 5) is 0. The quantitative estimate of drug-likeness (QED) is 0.0977. The number of aromatic nitrogens is 1. The van der Waals surface area contributed by atoms with Gasteiger partial charge in [-0.05, 0) is 97.2 Å². The second kappa shape index (κ2) is 13.4. The summed E-state index contributed by atoms with van der Waals surface area (Å²) in [5.74, 6) is 0. The topological polar surface area (TPSA) is 14.2 Å². The first-order valence-corrected chi connectivity index (χ1v) is 22.1. The molecule has 0 aliphatic heterocycles. The van der Waals surface area contributed by atoms with Crippen molar-refractivity contribution in [3.05, 3.63) is 154 Å². The number of rotatable bonds is 11. The van der Waals surface area contributed by atoms with Crippen LogP contribution in [0.5, 0.6) is 0 Å². The van der Waals surface area contributed by atoms with Crippen molar-refractivity contribution in [3.8, 4) is 22.4 Å². The largest absolute Gasteiger partial charge is 0.376 e. The molecule has 5 aromatic carbocycles. The highest BCUT2D eigenvalue weighted by Gasteiger charge is 2.53. The second-order valence-corrected chi connectivity index (χ2v) is 21.3. The lowest BCUT2D eigenvalue weighted by molar-refractivity contribution is -0.00471. The van der Waals surface area contributed by atoms with Crippen molar-refractivity contribution in [3.63, 3.8) is 0 Å². The Morgan fingerprint density at radius 1 is 0.647 bits per heavy atom. The third kappa shape index (κ3) is 6.13. The van der Waals surface area contributed by atoms with Gasteiger partial charge in [-0.15, -0.1) is 0 Å². The molecule has 1 heterocycles. The van der Waals surface area contributed by atoms with Gasteiger partial charge in [0.2, 0.25) is 0 Å². The zero-order chi connectivity index (χ0) is 35.3. The van der Waals surface area contributed by atoms with Crippen LogP contribution in [0.15, 0.2) is 115 Å². The van der Waals surface area contributed by atoms with Gasteiger partial charge in [0.05, 0.1) is 19.4 Å². The Balaban J connectivity index is 1.27. The summed E-state index contributed by atoms with van der Waals surface area (Å²) in [6.07, 6.45) is 5.83. The Labute approximate surface area is 306 Å².